The molecule has 0 amide bonds. The molecule has 1 atom stereocenters. The lowest BCUT2D eigenvalue weighted by Gasteiger charge is -2.17. The molecule has 1 saturated heterocycles. The summed E-state index contributed by atoms with van der Waals surface area (Å²) >= 11 is 0. The Balaban J connectivity index is 1.72. The van der Waals surface area contributed by atoms with Crippen LogP contribution in [0.4, 0.5) is 14.5 Å². The van der Waals surface area contributed by atoms with Crippen molar-refractivity contribution in [3.8, 4) is 11.5 Å². The van der Waals surface area contributed by atoms with E-state index in [9.17, 15) is 8.78 Å². The number of nitrogens with one attached hydrogen (secondary N) is 1. The summed E-state index contributed by atoms with van der Waals surface area (Å²) in [6, 6.07) is 8.55. The van der Waals surface area contributed by atoms with E-state index in [1.807, 2.05) is 12.1 Å². The Morgan fingerprint density at radius 3 is 2.92 bits per heavy atom. The number of benzene rings is 1. The Morgan fingerprint density at radius 1 is 1.29 bits per heavy atom. The molecule has 3 rings (SSSR count). The molecule has 7 heteroatoms. The molecule has 1 fully saturated rings. The fourth-order valence-electron chi connectivity index (χ4n) is 2.39. The summed E-state index contributed by atoms with van der Waals surface area (Å²) in [5.41, 5.74) is 1.74. The molecule has 5 nitrogen and oxygen atoms in total. The summed E-state index contributed by atoms with van der Waals surface area (Å²) in [5, 5.41) is 3.20. The van der Waals surface area contributed by atoms with Crippen LogP contribution in [0, 0.1) is 0 Å². The molecule has 0 aliphatic carbocycles. The molecular formula is C17H18F2N2O3. The van der Waals surface area contributed by atoms with E-state index in [0.29, 0.717) is 13.2 Å². The number of nitrogens with zero attached hydrogens (tertiary/aromatic N) is 1. The lowest BCUT2D eigenvalue weighted by molar-refractivity contribution is -0.0632. The van der Waals surface area contributed by atoms with E-state index in [0.717, 1.165) is 24.1 Å². The van der Waals surface area contributed by atoms with E-state index in [2.05, 4.69) is 15.0 Å². The average Bonchev–Trinajstić information content (AvgIpc) is 3.08. The van der Waals surface area contributed by atoms with Crippen molar-refractivity contribution in [2.24, 2.45) is 0 Å². The normalized spacial score (nSPS) is 17.0. The molecule has 0 bridgehead atoms. The Labute approximate surface area is 138 Å². The van der Waals surface area contributed by atoms with Crippen LogP contribution in [-0.4, -0.2) is 24.5 Å². The number of halogens is 2. The van der Waals surface area contributed by atoms with Crippen LogP contribution in [0.3, 0.4) is 0 Å². The minimum atomic E-state index is -2.91. The second-order valence-electron chi connectivity index (χ2n) is 5.32. The predicted octanol–water partition coefficient (Wildman–Crippen LogP) is 3.81. The highest BCUT2D eigenvalue weighted by Gasteiger charge is 2.20. The Kier molecular flexibility index (Phi) is 5.43. The third-order valence-electron chi connectivity index (χ3n) is 3.53. The topological polar surface area (TPSA) is 52.6 Å². The highest BCUT2D eigenvalue weighted by atomic mass is 19.3. The molecule has 2 aromatic rings. The van der Waals surface area contributed by atoms with Crippen LogP contribution in [0.15, 0.2) is 42.7 Å². The molecule has 0 spiro atoms. The summed E-state index contributed by atoms with van der Waals surface area (Å²) < 4.78 is 40.7. The number of hydrogen-bond donors (Lipinski definition) is 1. The lowest BCUT2D eigenvalue weighted by Crippen LogP contribution is -2.15. The summed E-state index contributed by atoms with van der Waals surface area (Å²) in [4.78, 5) is 4.05. The van der Waals surface area contributed by atoms with Gasteiger partial charge in [0.05, 0.1) is 6.61 Å². The molecule has 2 heterocycles. The van der Waals surface area contributed by atoms with Crippen molar-refractivity contribution < 1.29 is 23.0 Å². The molecule has 1 unspecified atom stereocenters. The van der Waals surface area contributed by atoms with Crippen molar-refractivity contribution in [1.82, 2.24) is 4.98 Å². The first-order valence-corrected chi connectivity index (χ1v) is 7.70. The molecule has 1 aliphatic rings. The van der Waals surface area contributed by atoms with Crippen molar-refractivity contribution >= 4 is 5.69 Å². The van der Waals surface area contributed by atoms with Gasteiger partial charge in [0.1, 0.15) is 0 Å². The second-order valence-corrected chi connectivity index (χ2v) is 5.32. The van der Waals surface area contributed by atoms with Crippen LogP contribution in [0.1, 0.15) is 18.4 Å². The first kappa shape index (κ1) is 16.4. The lowest BCUT2D eigenvalue weighted by atomic mass is 10.2. The number of hydrogen-bond acceptors (Lipinski definition) is 5. The number of rotatable bonds is 7. The zero-order chi connectivity index (χ0) is 16.8. The molecule has 128 valence electrons. The van der Waals surface area contributed by atoms with Crippen LogP contribution < -0.4 is 14.8 Å². The fraction of sp³-hybridized carbons (Fsp3) is 0.353. The molecule has 1 N–H and O–H groups in total. The summed E-state index contributed by atoms with van der Waals surface area (Å²) in [6.45, 7) is -1.75. The zero-order valence-electron chi connectivity index (χ0n) is 13.0. The van der Waals surface area contributed by atoms with Gasteiger partial charge in [0.25, 0.3) is 0 Å². The third-order valence-corrected chi connectivity index (χ3v) is 3.53. The van der Waals surface area contributed by atoms with Gasteiger partial charge in [-0.3, -0.25) is 4.98 Å². The molecule has 1 aromatic heterocycles. The van der Waals surface area contributed by atoms with E-state index in [4.69, 9.17) is 9.47 Å². The quantitative estimate of drug-likeness (QED) is 0.833. The van der Waals surface area contributed by atoms with Gasteiger partial charge in [-0.2, -0.15) is 8.78 Å². The molecular weight excluding hydrogens is 318 g/mol. The third kappa shape index (κ3) is 4.55. The number of aromatic nitrogens is 1. The van der Waals surface area contributed by atoms with E-state index >= 15 is 0 Å². The van der Waals surface area contributed by atoms with Crippen molar-refractivity contribution in [2.45, 2.75) is 32.3 Å². The van der Waals surface area contributed by atoms with E-state index in [1.165, 1.54) is 6.07 Å². The minimum Gasteiger partial charge on any atom is -0.461 e. The predicted molar refractivity (Wildman–Crippen MR) is 84.2 cm³/mol. The SMILES string of the molecule is FC(F)Oc1ccc(NCc2cccnc2)cc1OC1CCCO1. The highest BCUT2D eigenvalue weighted by molar-refractivity contribution is 5.55. The maximum Gasteiger partial charge on any atom is 0.387 e. The molecule has 24 heavy (non-hydrogen) atoms. The van der Waals surface area contributed by atoms with Crippen LogP contribution in [-0.2, 0) is 11.3 Å². The second kappa shape index (κ2) is 7.92. The number of pyridine rings is 1. The average molecular weight is 336 g/mol. The number of alkyl halides is 2. The van der Waals surface area contributed by atoms with Gasteiger partial charge >= 0.3 is 6.61 Å². The van der Waals surface area contributed by atoms with E-state index in [1.54, 1.807) is 24.5 Å². The Hall–Kier alpha value is -2.41. The molecule has 1 aromatic carbocycles. The first-order chi connectivity index (χ1) is 11.7. The fourth-order valence-corrected chi connectivity index (χ4v) is 2.39. The number of ether oxygens (including phenoxy) is 3. The smallest absolute Gasteiger partial charge is 0.387 e. The Bertz CT molecular complexity index is 650. The largest absolute Gasteiger partial charge is 0.461 e. The molecule has 0 saturated carbocycles. The maximum atomic E-state index is 12.6. The maximum absolute atomic E-state index is 12.6. The van der Waals surface area contributed by atoms with Gasteiger partial charge < -0.3 is 19.5 Å². The summed E-state index contributed by atoms with van der Waals surface area (Å²) in [7, 11) is 0. The van der Waals surface area contributed by atoms with Crippen LogP contribution >= 0.6 is 0 Å². The van der Waals surface area contributed by atoms with Crippen molar-refractivity contribution in [1.29, 1.82) is 0 Å². The van der Waals surface area contributed by atoms with Gasteiger partial charge in [-0.1, -0.05) is 6.07 Å². The van der Waals surface area contributed by atoms with Crippen LogP contribution in [0.2, 0.25) is 0 Å². The van der Waals surface area contributed by atoms with Gasteiger partial charge in [-0.05, 0) is 30.2 Å². The van der Waals surface area contributed by atoms with Crippen LogP contribution in [0.5, 0.6) is 11.5 Å². The Morgan fingerprint density at radius 2 is 2.21 bits per heavy atom. The van der Waals surface area contributed by atoms with Crippen molar-refractivity contribution in [3.05, 3.63) is 48.3 Å². The van der Waals surface area contributed by atoms with Crippen molar-refractivity contribution in [3.63, 3.8) is 0 Å². The molecule has 1 aliphatic heterocycles. The van der Waals surface area contributed by atoms with E-state index in [-0.39, 0.29) is 11.5 Å². The van der Waals surface area contributed by atoms with Gasteiger partial charge in [-0.25, -0.2) is 0 Å². The standard InChI is InChI=1S/C17H18F2N2O3/c18-17(19)24-14-6-5-13(21-11-12-3-1-7-20-10-12)9-15(14)23-16-4-2-8-22-16/h1,3,5-7,9-10,16-17,21H,2,4,8,11H2. The zero-order valence-corrected chi connectivity index (χ0v) is 13.0. The van der Waals surface area contributed by atoms with Gasteiger partial charge in [-0.15, -0.1) is 0 Å². The van der Waals surface area contributed by atoms with Gasteiger partial charge in [0, 0.05) is 37.1 Å². The van der Waals surface area contributed by atoms with Crippen molar-refractivity contribution in [2.75, 3.05) is 11.9 Å². The van der Waals surface area contributed by atoms with Crippen LogP contribution in [0.25, 0.3) is 0 Å². The minimum absolute atomic E-state index is 0.00701. The summed E-state index contributed by atoms with van der Waals surface area (Å²) in [6.07, 6.45) is 4.63. The monoisotopic (exact) mass is 336 g/mol. The summed E-state index contributed by atoms with van der Waals surface area (Å²) in [5.74, 6) is 0.228. The van der Waals surface area contributed by atoms with Gasteiger partial charge in [0.2, 0.25) is 0 Å². The highest BCUT2D eigenvalue weighted by Crippen LogP contribution is 2.34. The first-order valence-electron chi connectivity index (χ1n) is 7.70. The molecule has 0 radical (unpaired) electrons. The van der Waals surface area contributed by atoms with E-state index < -0.39 is 12.9 Å². The van der Waals surface area contributed by atoms with Gasteiger partial charge in [0.15, 0.2) is 17.8 Å². The number of anilines is 1.